The second-order valence-electron chi connectivity index (χ2n) is 3.20. The second kappa shape index (κ2) is 4.27. The van der Waals surface area contributed by atoms with Gasteiger partial charge in [-0.05, 0) is 18.2 Å². The molecule has 7 heteroatoms. The summed E-state index contributed by atoms with van der Waals surface area (Å²) in [5.41, 5.74) is 0.370. The molecule has 0 aliphatic rings. The van der Waals surface area contributed by atoms with Crippen molar-refractivity contribution in [1.29, 1.82) is 5.26 Å². The van der Waals surface area contributed by atoms with Crippen molar-refractivity contribution in [3.05, 3.63) is 42.4 Å². The maximum Gasteiger partial charge on any atom is 0.264 e. The highest BCUT2D eigenvalue weighted by Gasteiger charge is 2.14. The van der Waals surface area contributed by atoms with Gasteiger partial charge in [-0.25, -0.2) is 13.4 Å². The van der Waals surface area contributed by atoms with Gasteiger partial charge in [-0.3, -0.25) is 4.72 Å². The molecule has 86 valence electrons. The van der Waals surface area contributed by atoms with Gasteiger partial charge in [0.25, 0.3) is 10.0 Å². The molecule has 0 saturated heterocycles. The van der Waals surface area contributed by atoms with E-state index in [0.29, 0.717) is 5.56 Å². The number of aromatic amines is 1. The molecule has 0 bridgehead atoms. The van der Waals surface area contributed by atoms with Crippen LogP contribution in [0, 0.1) is 11.3 Å². The van der Waals surface area contributed by atoms with Crippen LogP contribution in [-0.2, 0) is 10.0 Å². The van der Waals surface area contributed by atoms with E-state index >= 15 is 0 Å². The number of H-pyrrole nitrogens is 1. The van der Waals surface area contributed by atoms with Crippen LogP contribution in [0.3, 0.4) is 0 Å². The molecule has 6 nitrogen and oxygen atoms in total. The van der Waals surface area contributed by atoms with Crippen molar-refractivity contribution in [1.82, 2.24) is 9.97 Å². The van der Waals surface area contributed by atoms with E-state index in [1.165, 1.54) is 36.8 Å². The number of nitrogens with one attached hydrogen (secondary N) is 2. The number of rotatable bonds is 3. The fourth-order valence-corrected chi connectivity index (χ4v) is 2.18. The molecule has 0 radical (unpaired) electrons. The van der Waals surface area contributed by atoms with Crippen molar-refractivity contribution in [2.24, 2.45) is 0 Å². The number of nitriles is 1. The lowest BCUT2D eigenvalue weighted by Gasteiger charge is -2.04. The van der Waals surface area contributed by atoms with E-state index in [0.717, 1.165) is 0 Å². The minimum absolute atomic E-state index is 0.128. The molecule has 0 aliphatic carbocycles. The summed E-state index contributed by atoms with van der Waals surface area (Å²) in [6.45, 7) is 0. The topological polar surface area (TPSA) is 98.6 Å². The molecule has 2 N–H and O–H groups in total. The zero-order valence-electron chi connectivity index (χ0n) is 8.58. The predicted octanol–water partition coefficient (Wildman–Crippen LogP) is 1.08. The molecule has 0 atom stereocenters. The molecular weight excluding hydrogens is 240 g/mol. The van der Waals surface area contributed by atoms with Crippen LogP contribution < -0.4 is 4.72 Å². The first-order valence-corrected chi connectivity index (χ1v) is 6.12. The third kappa shape index (κ3) is 2.43. The van der Waals surface area contributed by atoms with Crippen molar-refractivity contribution >= 4 is 15.8 Å². The minimum atomic E-state index is -3.62. The van der Waals surface area contributed by atoms with Crippen molar-refractivity contribution in [3.63, 3.8) is 0 Å². The summed E-state index contributed by atoms with van der Waals surface area (Å²) in [6, 6.07) is 6.26. The van der Waals surface area contributed by atoms with Gasteiger partial charge in [0.05, 0.1) is 5.56 Å². The highest BCUT2D eigenvalue weighted by molar-refractivity contribution is 7.92. The van der Waals surface area contributed by atoms with Crippen LogP contribution in [0.2, 0.25) is 0 Å². The first kappa shape index (κ1) is 11.2. The van der Waals surface area contributed by atoms with E-state index < -0.39 is 10.0 Å². The van der Waals surface area contributed by atoms with Crippen molar-refractivity contribution < 1.29 is 8.42 Å². The average Bonchev–Trinajstić information content (AvgIpc) is 2.84. The quantitative estimate of drug-likeness (QED) is 0.849. The molecule has 2 aromatic rings. The molecule has 17 heavy (non-hydrogen) atoms. The molecule has 0 spiro atoms. The van der Waals surface area contributed by atoms with E-state index in [1.807, 2.05) is 6.07 Å². The Labute approximate surface area is 98.0 Å². The highest BCUT2D eigenvalue weighted by atomic mass is 32.2. The van der Waals surface area contributed by atoms with Crippen LogP contribution in [0.4, 0.5) is 5.82 Å². The Balaban J connectivity index is 2.24. The van der Waals surface area contributed by atoms with E-state index in [4.69, 9.17) is 5.26 Å². The number of hydrogen-bond acceptors (Lipinski definition) is 4. The predicted molar refractivity (Wildman–Crippen MR) is 60.6 cm³/mol. The lowest BCUT2D eigenvalue weighted by Crippen LogP contribution is -2.13. The van der Waals surface area contributed by atoms with Gasteiger partial charge in [-0.2, -0.15) is 5.26 Å². The van der Waals surface area contributed by atoms with Gasteiger partial charge in [-0.15, -0.1) is 0 Å². The number of nitrogens with zero attached hydrogens (tertiary/aromatic N) is 2. The number of pyridine rings is 1. The van der Waals surface area contributed by atoms with Crippen molar-refractivity contribution in [2.45, 2.75) is 4.90 Å². The molecular formula is C10H8N4O2S. The summed E-state index contributed by atoms with van der Waals surface area (Å²) in [5.74, 6) is 0.171. The molecule has 0 saturated carbocycles. The zero-order chi connectivity index (χ0) is 12.3. The van der Waals surface area contributed by atoms with Crippen molar-refractivity contribution in [3.8, 4) is 6.07 Å². The number of hydrogen-bond donors (Lipinski definition) is 2. The molecule has 0 amide bonds. The maximum absolute atomic E-state index is 11.8. The lowest BCUT2D eigenvalue weighted by molar-refractivity contribution is 0.601. The van der Waals surface area contributed by atoms with E-state index in [-0.39, 0.29) is 10.7 Å². The molecule has 2 aromatic heterocycles. The van der Waals surface area contributed by atoms with E-state index in [1.54, 1.807) is 0 Å². The van der Waals surface area contributed by atoms with Crippen LogP contribution in [0.1, 0.15) is 5.56 Å². The normalized spacial score (nSPS) is 10.8. The van der Waals surface area contributed by atoms with Gasteiger partial charge in [0.15, 0.2) is 0 Å². The molecule has 0 aromatic carbocycles. The summed E-state index contributed by atoms with van der Waals surface area (Å²) < 4.78 is 25.9. The third-order valence-electron chi connectivity index (χ3n) is 2.01. The van der Waals surface area contributed by atoms with Gasteiger partial charge in [0, 0.05) is 18.6 Å². The lowest BCUT2D eigenvalue weighted by atomic mass is 10.3. The summed E-state index contributed by atoms with van der Waals surface area (Å²) in [7, 11) is -3.62. The average molecular weight is 248 g/mol. The van der Waals surface area contributed by atoms with Crippen LogP contribution in [-0.4, -0.2) is 18.4 Å². The van der Waals surface area contributed by atoms with E-state index in [2.05, 4.69) is 14.7 Å². The third-order valence-corrected chi connectivity index (χ3v) is 3.36. The summed E-state index contributed by atoms with van der Waals surface area (Å²) in [5, 5.41) is 8.58. The second-order valence-corrected chi connectivity index (χ2v) is 4.88. The highest BCUT2D eigenvalue weighted by Crippen LogP contribution is 2.13. The Morgan fingerprint density at radius 2 is 2.18 bits per heavy atom. The Hall–Kier alpha value is -2.33. The Morgan fingerprint density at radius 3 is 2.71 bits per heavy atom. The van der Waals surface area contributed by atoms with Gasteiger partial charge in [-0.1, -0.05) is 0 Å². The first-order chi connectivity index (χ1) is 8.12. The smallest absolute Gasteiger partial charge is 0.264 e. The number of sulfonamides is 1. The molecule has 0 unspecified atom stereocenters. The van der Waals surface area contributed by atoms with Gasteiger partial charge < -0.3 is 4.98 Å². The molecule has 2 heterocycles. The van der Waals surface area contributed by atoms with Gasteiger partial charge in [0.1, 0.15) is 16.8 Å². The van der Waals surface area contributed by atoms with Crippen LogP contribution in [0.25, 0.3) is 0 Å². The fraction of sp³-hybridized carbons (Fsp3) is 0. The maximum atomic E-state index is 11.8. The van der Waals surface area contributed by atoms with Crippen LogP contribution in [0.15, 0.2) is 41.7 Å². The minimum Gasteiger partial charge on any atom is -0.366 e. The van der Waals surface area contributed by atoms with Crippen LogP contribution in [0.5, 0.6) is 0 Å². The first-order valence-electron chi connectivity index (χ1n) is 4.63. The molecule has 2 rings (SSSR count). The zero-order valence-corrected chi connectivity index (χ0v) is 9.40. The Kier molecular flexibility index (Phi) is 2.80. The summed E-state index contributed by atoms with van der Waals surface area (Å²) in [6.07, 6.45) is 4.18. The standard InChI is InChI=1S/C10H8N4O2S/c11-5-8-1-2-10(13-6-8)14-17(15,16)9-3-4-12-7-9/h1-4,6-7,12H,(H,13,14). The van der Waals surface area contributed by atoms with E-state index in [9.17, 15) is 8.42 Å². The van der Waals surface area contributed by atoms with Gasteiger partial charge >= 0.3 is 0 Å². The fourth-order valence-electron chi connectivity index (χ4n) is 1.19. The van der Waals surface area contributed by atoms with Gasteiger partial charge in [0.2, 0.25) is 0 Å². The van der Waals surface area contributed by atoms with Crippen molar-refractivity contribution in [2.75, 3.05) is 4.72 Å². The monoisotopic (exact) mass is 248 g/mol. The Bertz CT molecular complexity index is 639. The molecule has 0 fully saturated rings. The molecule has 0 aliphatic heterocycles. The number of anilines is 1. The Morgan fingerprint density at radius 1 is 1.35 bits per heavy atom. The summed E-state index contributed by atoms with van der Waals surface area (Å²) >= 11 is 0. The van der Waals surface area contributed by atoms with Crippen LogP contribution >= 0.6 is 0 Å². The largest absolute Gasteiger partial charge is 0.366 e. The SMILES string of the molecule is N#Cc1ccc(NS(=O)(=O)c2cc[nH]c2)nc1. The summed E-state index contributed by atoms with van der Waals surface area (Å²) in [4.78, 5) is 6.61. The number of aromatic nitrogens is 2.